The standard InChI is InChI=1S/C19H13F2N3O3/c20-12-5-13(21)7-14(6-12)22-19(26)16-9-24-8-11(1-4-18(24)23-16)17-3-2-15(10-25)27-17/h1-9,25H,10H2,(H,22,26). The zero-order chi connectivity index (χ0) is 19.0. The summed E-state index contributed by atoms with van der Waals surface area (Å²) in [4.78, 5) is 16.5. The molecule has 0 unspecified atom stereocenters. The zero-order valence-corrected chi connectivity index (χ0v) is 13.8. The van der Waals surface area contributed by atoms with Gasteiger partial charge in [0.1, 0.15) is 41.1 Å². The van der Waals surface area contributed by atoms with Gasteiger partial charge in [-0.2, -0.15) is 0 Å². The number of amides is 1. The van der Waals surface area contributed by atoms with Crippen molar-refractivity contribution in [2.75, 3.05) is 5.32 Å². The monoisotopic (exact) mass is 369 g/mol. The van der Waals surface area contributed by atoms with Gasteiger partial charge < -0.3 is 19.2 Å². The van der Waals surface area contributed by atoms with Gasteiger partial charge in [-0.25, -0.2) is 13.8 Å². The van der Waals surface area contributed by atoms with Gasteiger partial charge in [-0.15, -0.1) is 0 Å². The number of furan rings is 1. The summed E-state index contributed by atoms with van der Waals surface area (Å²) in [6, 6.07) is 9.63. The van der Waals surface area contributed by atoms with E-state index in [0.29, 0.717) is 17.2 Å². The van der Waals surface area contributed by atoms with Crippen molar-refractivity contribution in [2.24, 2.45) is 0 Å². The van der Waals surface area contributed by atoms with Crippen molar-refractivity contribution in [3.8, 4) is 11.3 Å². The molecule has 0 aliphatic rings. The summed E-state index contributed by atoms with van der Waals surface area (Å²) < 4.78 is 33.6. The van der Waals surface area contributed by atoms with Crippen molar-refractivity contribution >= 4 is 17.2 Å². The number of nitrogens with zero attached hydrogens (tertiary/aromatic N) is 2. The van der Waals surface area contributed by atoms with E-state index in [1.165, 1.54) is 6.20 Å². The highest BCUT2D eigenvalue weighted by Gasteiger charge is 2.13. The summed E-state index contributed by atoms with van der Waals surface area (Å²) in [7, 11) is 0. The second-order valence-electron chi connectivity index (χ2n) is 5.85. The van der Waals surface area contributed by atoms with Crippen LogP contribution in [0.1, 0.15) is 16.2 Å². The van der Waals surface area contributed by atoms with Gasteiger partial charge in [-0.05, 0) is 36.4 Å². The van der Waals surface area contributed by atoms with Crippen LogP contribution in [0.4, 0.5) is 14.5 Å². The first-order valence-electron chi connectivity index (χ1n) is 7.98. The molecule has 6 nitrogen and oxygen atoms in total. The molecule has 4 aromatic rings. The second-order valence-corrected chi connectivity index (χ2v) is 5.85. The second kappa shape index (κ2) is 6.65. The lowest BCUT2D eigenvalue weighted by atomic mass is 10.2. The normalized spacial score (nSPS) is 11.1. The number of carbonyl (C=O) groups is 1. The maximum Gasteiger partial charge on any atom is 0.275 e. The Morgan fingerprint density at radius 3 is 2.59 bits per heavy atom. The number of hydrogen-bond donors (Lipinski definition) is 2. The molecule has 1 aromatic carbocycles. The van der Waals surface area contributed by atoms with Crippen molar-refractivity contribution in [3.63, 3.8) is 0 Å². The van der Waals surface area contributed by atoms with Gasteiger partial charge in [-0.1, -0.05) is 0 Å². The number of nitrogens with one attached hydrogen (secondary N) is 1. The molecular weight excluding hydrogens is 356 g/mol. The lowest BCUT2D eigenvalue weighted by Crippen LogP contribution is -2.12. The lowest BCUT2D eigenvalue weighted by molar-refractivity contribution is 0.102. The third-order valence-corrected chi connectivity index (χ3v) is 3.91. The third kappa shape index (κ3) is 3.42. The van der Waals surface area contributed by atoms with E-state index in [4.69, 9.17) is 9.52 Å². The summed E-state index contributed by atoms with van der Waals surface area (Å²) in [5.74, 6) is -1.16. The van der Waals surface area contributed by atoms with Gasteiger partial charge in [0.05, 0.1) is 0 Å². The van der Waals surface area contributed by atoms with Crippen LogP contribution in [0.5, 0.6) is 0 Å². The molecule has 4 rings (SSSR count). The number of pyridine rings is 1. The van der Waals surface area contributed by atoms with E-state index in [2.05, 4.69) is 10.3 Å². The summed E-state index contributed by atoms with van der Waals surface area (Å²) in [5.41, 5.74) is 1.34. The SMILES string of the molecule is O=C(Nc1cc(F)cc(F)c1)c1cn2cc(-c3ccc(CO)o3)ccc2n1. The molecule has 0 bridgehead atoms. The maximum atomic E-state index is 13.2. The number of anilines is 1. The molecule has 0 aliphatic heterocycles. The minimum absolute atomic E-state index is 0.00219. The highest BCUT2D eigenvalue weighted by molar-refractivity contribution is 6.03. The smallest absolute Gasteiger partial charge is 0.275 e. The molecule has 8 heteroatoms. The number of carbonyl (C=O) groups excluding carboxylic acids is 1. The summed E-state index contributed by atoms with van der Waals surface area (Å²) in [6.45, 7) is -0.196. The molecule has 136 valence electrons. The molecule has 3 aromatic heterocycles. The first-order valence-corrected chi connectivity index (χ1v) is 7.98. The first-order chi connectivity index (χ1) is 13.0. The maximum absolute atomic E-state index is 13.2. The molecule has 0 radical (unpaired) electrons. The zero-order valence-electron chi connectivity index (χ0n) is 13.8. The van der Waals surface area contributed by atoms with Crippen molar-refractivity contribution in [1.82, 2.24) is 9.38 Å². The molecule has 0 saturated carbocycles. The quantitative estimate of drug-likeness (QED) is 0.576. The Kier molecular flexibility index (Phi) is 4.17. The molecular formula is C19H13F2N3O3. The summed E-state index contributed by atoms with van der Waals surface area (Å²) >= 11 is 0. The highest BCUT2D eigenvalue weighted by Crippen LogP contribution is 2.23. The Hall–Kier alpha value is -3.52. The Labute approximate surface area is 151 Å². The average Bonchev–Trinajstić information content (AvgIpc) is 3.27. The molecule has 0 spiro atoms. The number of rotatable bonds is 4. The van der Waals surface area contributed by atoms with E-state index >= 15 is 0 Å². The molecule has 0 aliphatic carbocycles. The summed E-state index contributed by atoms with van der Waals surface area (Å²) in [6.07, 6.45) is 3.22. The van der Waals surface area contributed by atoms with Crippen molar-refractivity contribution < 1.29 is 23.1 Å². The van der Waals surface area contributed by atoms with Crippen LogP contribution in [0.25, 0.3) is 17.0 Å². The summed E-state index contributed by atoms with van der Waals surface area (Å²) in [5, 5.41) is 11.5. The van der Waals surface area contributed by atoms with Gasteiger partial charge in [0.2, 0.25) is 0 Å². The third-order valence-electron chi connectivity index (χ3n) is 3.91. The fraction of sp³-hybridized carbons (Fsp3) is 0.0526. The van der Waals surface area contributed by atoms with Crippen molar-refractivity contribution in [3.05, 3.63) is 77.9 Å². The van der Waals surface area contributed by atoms with Gasteiger partial charge in [0.25, 0.3) is 5.91 Å². The number of benzene rings is 1. The number of aliphatic hydroxyl groups is 1. The fourth-order valence-electron chi connectivity index (χ4n) is 2.69. The molecule has 2 N–H and O–H groups in total. The first kappa shape index (κ1) is 16.9. The van der Waals surface area contributed by atoms with Gasteiger partial charge in [-0.3, -0.25) is 4.79 Å². The van der Waals surface area contributed by atoms with Crippen molar-refractivity contribution in [2.45, 2.75) is 6.61 Å². The van der Waals surface area contributed by atoms with Gasteiger partial charge in [0, 0.05) is 29.7 Å². The Morgan fingerprint density at radius 2 is 1.89 bits per heavy atom. The van der Waals surface area contributed by atoms with Crippen LogP contribution in [0, 0.1) is 11.6 Å². The van der Waals surface area contributed by atoms with E-state index in [1.807, 2.05) is 0 Å². The topological polar surface area (TPSA) is 79.8 Å². The number of fused-ring (bicyclic) bond motifs is 1. The number of aliphatic hydroxyl groups excluding tert-OH is 1. The van der Waals surface area contributed by atoms with Crippen molar-refractivity contribution in [1.29, 1.82) is 0 Å². The van der Waals surface area contributed by atoms with Gasteiger partial charge >= 0.3 is 0 Å². The van der Waals surface area contributed by atoms with Crippen LogP contribution in [-0.2, 0) is 6.61 Å². The van der Waals surface area contributed by atoms with E-state index in [9.17, 15) is 13.6 Å². The Balaban J connectivity index is 1.61. The number of imidazole rings is 1. The lowest BCUT2D eigenvalue weighted by Gasteiger charge is -2.03. The van der Waals surface area contributed by atoms with Crippen LogP contribution in [0.15, 0.2) is 59.3 Å². The molecule has 0 saturated heterocycles. The highest BCUT2D eigenvalue weighted by atomic mass is 19.1. The Morgan fingerprint density at radius 1 is 1.11 bits per heavy atom. The predicted molar refractivity (Wildman–Crippen MR) is 93.1 cm³/mol. The van der Waals surface area contributed by atoms with E-state index in [-0.39, 0.29) is 18.0 Å². The predicted octanol–water partition coefficient (Wildman–Crippen LogP) is 3.62. The van der Waals surface area contributed by atoms with Crippen LogP contribution < -0.4 is 5.32 Å². The van der Waals surface area contributed by atoms with E-state index in [1.54, 1.807) is 34.9 Å². The van der Waals surface area contributed by atoms with Crippen LogP contribution in [0.3, 0.4) is 0 Å². The minimum Gasteiger partial charge on any atom is -0.459 e. The fourth-order valence-corrected chi connectivity index (χ4v) is 2.69. The minimum atomic E-state index is -0.786. The molecule has 0 fully saturated rings. The molecule has 1 amide bonds. The van der Waals surface area contributed by atoms with E-state index < -0.39 is 17.5 Å². The average molecular weight is 369 g/mol. The number of halogens is 2. The Bertz CT molecular complexity index is 1130. The molecule has 0 atom stereocenters. The van der Waals surface area contributed by atoms with Crippen LogP contribution in [0.2, 0.25) is 0 Å². The van der Waals surface area contributed by atoms with Gasteiger partial charge in [0.15, 0.2) is 0 Å². The van der Waals surface area contributed by atoms with E-state index in [0.717, 1.165) is 23.8 Å². The number of hydrogen-bond acceptors (Lipinski definition) is 4. The van der Waals surface area contributed by atoms with Crippen LogP contribution >= 0.6 is 0 Å². The number of aromatic nitrogens is 2. The largest absolute Gasteiger partial charge is 0.459 e. The van der Waals surface area contributed by atoms with Crippen LogP contribution in [-0.4, -0.2) is 20.4 Å². The molecule has 27 heavy (non-hydrogen) atoms. The molecule has 3 heterocycles.